The van der Waals surface area contributed by atoms with E-state index in [0.29, 0.717) is 17.5 Å². The van der Waals surface area contributed by atoms with Gasteiger partial charge in [0.1, 0.15) is 10.7 Å². The Labute approximate surface area is 105 Å². The Hall–Kier alpha value is -1.29. The summed E-state index contributed by atoms with van der Waals surface area (Å²) in [5.74, 6) is 1.10. The van der Waals surface area contributed by atoms with Crippen LogP contribution in [0.5, 0.6) is 0 Å². The summed E-state index contributed by atoms with van der Waals surface area (Å²) < 4.78 is 0. The number of nitro benzene ring substituents is 1. The van der Waals surface area contributed by atoms with Gasteiger partial charge in [0.05, 0.1) is 4.92 Å². The van der Waals surface area contributed by atoms with Crippen LogP contribution in [0.15, 0.2) is 18.2 Å². The Bertz CT molecular complexity index is 440. The van der Waals surface area contributed by atoms with Gasteiger partial charge in [-0.25, -0.2) is 0 Å². The van der Waals surface area contributed by atoms with E-state index in [9.17, 15) is 10.1 Å². The molecular formula is C12H15ClN2O2. The lowest BCUT2D eigenvalue weighted by Gasteiger charge is -2.18. The van der Waals surface area contributed by atoms with Gasteiger partial charge in [0, 0.05) is 13.1 Å². The van der Waals surface area contributed by atoms with Crippen LogP contribution < -0.4 is 4.90 Å². The molecule has 0 N–H and O–H groups in total. The van der Waals surface area contributed by atoms with Crippen molar-refractivity contribution in [2.24, 2.45) is 11.8 Å². The topological polar surface area (TPSA) is 46.4 Å². The third kappa shape index (κ3) is 2.22. The van der Waals surface area contributed by atoms with Crippen molar-refractivity contribution in [3.63, 3.8) is 0 Å². The fraction of sp³-hybridized carbons (Fsp3) is 0.500. The standard InChI is InChI=1S/C12H15ClN2O2/c1-8-6-14(7-9(8)2)11-5-3-4-10(13)12(11)15(16)17/h3-5,8-9H,6-7H2,1-2H3. The minimum Gasteiger partial charge on any atom is -0.365 e. The lowest BCUT2D eigenvalue weighted by atomic mass is 10.0. The fourth-order valence-electron chi connectivity index (χ4n) is 2.27. The number of nitro groups is 1. The number of halogens is 1. The molecule has 1 aromatic rings. The molecule has 0 bridgehead atoms. The first-order chi connectivity index (χ1) is 8.00. The zero-order chi connectivity index (χ0) is 12.6. The predicted molar refractivity (Wildman–Crippen MR) is 68.6 cm³/mol. The van der Waals surface area contributed by atoms with Gasteiger partial charge in [-0.2, -0.15) is 0 Å². The molecule has 0 aromatic heterocycles. The Morgan fingerprint density at radius 2 is 1.94 bits per heavy atom. The van der Waals surface area contributed by atoms with Gasteiger partial charge in [-0.05, 0) is 24.0 Å². The van der Waals surface area contributed by atoms with Crippen molar-refractivity contribution in [2.75, 3.05) is 18.0 Å². The lowest BCUT2D eigenvalue weighted by molar-refractivity contribution is -0.384. The first-order valence-electron chi connectivity index (χ1n) is 5.68. The van der Waals surface area contributed by atoms with Crippen molar-refractivity contribution in [2.45, 2.75) is 13.8 Å². The highest BCUT2D eigenvalue weighted by Crippen LogP contribution is 2.38. The maximum Gasteiger partial charge on any atom is 0.310 e. The summed E-state index contributed by atoms with van der Waals surface area (Å²) >= 11 is 5.91. The molecule has 0 spiro atoms. The summed E-state index contributed by atoms with van der Waals surface area (Å²) in [5.41, 5.74) is 0.661. The number of nitrogens with zero attached hydrogens (tertiary/aromatic N) is 2. The van der Waals surface area contributed by atoms with Gasteiger partial charge in [0.25, 0.3) is 0 Å². The normalized spacial score (nSPS) is 24.1. The Morgan fingerprint density at radius 3 is 2.47 bits per heavy atom. The first-order valence-corrected chi connectivity index (χ1v) is 6.06. The monoisotopic (exact) mass is 254 g/mol. The number of para-hydroxylation sites is 1. The Morgan fingerprint density at radius 1 is 1.35 bits per heavy atom. The SMILES string of the molecule is CC1CN(c2cccc(Cl)c2[N+](=O)[O-])CC1C. The lowest BCUT2D eigenvalue weighted by Crippen LogP contribution is -2.20. The molecule has 1 heterocycles. The van der Waals surface area contributed by atoms with E-state index in [4.69, 9.17) is 11.6 Å². The molecule has 1 aliphatic heterocycles. The summed E-state index contributed by atoms with van der Waals surface area (Å²) in [6, 6.07) is 5.10. The highest BCUT2D eigenvalue weighted by atomic mass is 35.5. The van der Waals surface area contributed by atoms with Gasteiger partial charge < -0.3 is 4.90 Å². The van der Waals surface area contributed by atoms with Crippen LogP contribution in [0.4, 0.5) is 11.4 Å². The minimum absolute atomic E-state index is 0.0236. The summed E-state index contributed by atoms with van der Waals surface area (Å²) in [6.45, 7) is 6.03. The quantitative estimate of drug-likeness (QED) is 0.601. The third-order valence-corrected chi connectivity index (χ3v) is 3.78. The van der Waals surface area contributed by atoms with Crippen molar-refractivity contribution >= 4 is 23.0 Å². The van der Waals surface area contributed by atoms with Crippen LogP contribution >= 0.6 is 11.6 Å². The van der Waals surface area contributed by atoms with Crippen molar-refractivity contribution in [1.29, 1.82) is 0 Å². The molecule has 1 aliphatic rings. The van der Waals surface area contributed by atoms with Gasteiger partial charge in [-0.15, -0.1) is 0 Å². The number of benzene rings is 1. The van der Waals surface area contributed by atoms with E-state index >= 15 is 0 Å². The van der Waals surface area contributed by atoms with Gasteiger partial charge in [-0.1, -0.05) is 31.5 Å². The van der Waals surface area contributed by atoms with Gasteiger partial charge in [0.2, 0.25) is 0 Å². The second-order valence-electron chi connectivity index (χ2n) is 4.72. The molecule has 92 valence electrons. The van der Waals surface area contributed by atoms with Crippen molar-refractivity contribution in [3.05, 3.63) is 33.3 Å². The number of anilines is 1. The summed E-state index contributed by atoms with van der Waals surface area (Å²) in [7, 11) is 0. The number of hydrogen-bond donors (Lipinski definition) is 0. The van der Waals surface area contributed by atoms with Crippen LogP contribution in [0.3, 0.4) is 0 Å². The maximum atomic E-state index is 11.1. The van der Waals surface area contributed by atoms with E-state index < -0.39 is 4.92 Å². The summed E-state index contributed by atoms with van der Waals surface area (Å²) in [6.07, 6.45) is 0. The number of hydrogen-bond acceptors (Lipinski definition) is 3. The van der Waals surface area contributed by atoms with Crippen molar-refractivity contribution in [3.8, 4) is 0 Å². The van der Waals surface area contributed by atoms with E-state index in [0.717, 1.165) is 13.1 Å². The molecule has 2 rings (SSSR count). The van der Waals surface area contributed by atoms with Crippen LogP contribution in [-0.2, 0) is 0 Å². The van der Waals surface area contributed by atoms with Crippen LogP contribution in [0.1, 0.15) is 13.8 Å². The van der Waals surface area contributed by atoms with E-state index in [1.807, 2.05) is 0 Å². The second kappa shape index (κ2) is 4.53. The fourth-order valence-corrected chi connectivity index (χ4v) is 2.50. The molecule has 5 heteroatoms. The molecule has 0 amide bonds. The summed E-state index contributed by atoms with van der Waals surface area (Å²) in [5, 5.41) is 11.3. The highest BCUT2D eigenvalue weighted by Gasteiger charge is 2.31. The molecule has 0 aliphatic carbocycles. The van der Waals surface area contributed by atoms with Gasteiger partial charge in [0.15, 0.2) is 0 Å². The van der Waals surface area contributed by atoms with E-state index in [1.54, 1.807) is 18.2 Å². The molecule has 2 unspecified atom stereocenters. The van der Waals surface area contributed by atoms with E-state index in [1.165, 1.54) is 0 Å². The Balaban J connectivity index is 2.39. The van der Waals surface area contributed by atoms with E-state index in [-0.39, 0.29) is 10.7 Å². The number of rotatable bonds is 2. The smallest absolute Gasteiger partial charge is 0.310 e. The molecule has 1 saturated heterocycles. The second-order valence-corrected chi connectivity index (χ2v) is 5.13. The van der Waals surface area contributed by atoms with Crippen LogP contribution in [0, 0.1) is 22.0 Å². The van der Waals surface area contributed by atoms with Crippen molar-refractivity contribution < 1.29 is 4.92 Å². The average Bonchev–Trinajstić information content (AvgIpc) is 2.58. The van der Waals surface area contributed by atoms with Gasteiger partial charge in [-0.3, -0.25) is 10.1 Å². The average molecular weight is 255 g/mol. The molecule has 0 radical (unpaired) electrons. The van der Waals surface area contributed by atoms with E-state index in [2.05, 4.69) is 18.7 Å². The molecule has 0 saturated carbocycles. The third-order valence-electron chi connectivity index (χ3n) is 3.48. The maximum absolute atomic E-state index is 11.1. The molecule has 4 nitrogen and oxygen atoms in total. The van der Waals surface area contributed by atoms with Crippen LogP contribution in [-0.4, -0.2) is 18.0 Å². The molecular weight excluding hydrogens is 240 g/mol. The summed E-state index contributed by atoms with van der Waals surface area (Å²) in [4.78, 5) is 12.7. The first kappa shape index (κ1) is 12.2. The van der Waals surface area contributed by atoms with Crippen LogP contribution in [0.25, 0.3) is 0 Å². The van der Waals surface area contributed by atoms with Crippen molar-refractivity contribution in [1.82, 2.24) is 0 Å². The minimum atomic E-state index is -0.397. The predicted octanol–water partition coefficient (Wildman–Crippen LogP) is 3.34. The zero-order valence-electron chi connectivity index (χ0n) is 9.89. The zero-order valence-corrected chi connectivity index (χ0v) is 10.6. The highest BCUT2D eigenvalue weighted by molar-refractivity contribution is 6.33. The molecule has 1 fully saturated rings. The van der Waals surface area contributed by atoms with Crippen LogP contribution in [0.2, 0.25) is 5.02 Å². The largest absolute Gasteiger partial charge is 0.365 e. The molecule has 2 atom stereocenters. The molecule has 17 heavy (non-hydrogen) atoms. The Kier molecular flexibility index (Phi) is 3.24. The van der Waals surface area contributed by atoms with Gasteiger partial charge >= 0.3 is 5.69 Å². The molecule has 1 aromatic carbocycles.